The maximum atomic E-state index is 13.2. The van der Waals surface area contributed by atoms with E-state index in [1.54, 1.807) is 19.2 Å². The van der Waals surface area contributed by atoms with E-state index in [1.807, 2.05) is 0 Å². The van der Waals surface area contributed by atoms with Crippen LogP contribution in [0.5, 0.6) is 0 Å². The van der Waals surface area contributed by atoms with Crippen molar-refractivity contribution in [3.05, 3.63) is 29.1 Å². The Morgan fingerprint density at radius 3 is 2.62 bits per heavy atom. The zero-order valence-electron chi connectivity index (χ0n) is 7.30. The number of aryl methyl sites for hydroxylation is 1. The van der Waals surface area contributed by atoms with E-state index >= 15 is 0 Å². The summed E-state index contributed by atoms with van der Waals surface area (Å²) in [5.74, 6) is -1.89. The number of carbonyl (C=O) groups is 1. The van der Waals surface area contributed by atoms with Gasteiger partial charge in [-0.1, -0.05) is 0 Å². The largest absolute Gasteiger partial charge is 0.478 e. The van der Waals surface area contributed by atoms with Gasteiger partial charge < -0.3 is 5.11 Å². The first-order valence-electron chi connectivity index (χ1n) is 3.63. The summed E-state index contributed by atoms with van der Waals surface area (Å²) in [6.07, 6.45) is 1.72. The summed E-state index contributed by atoms with van der Waals surface area (Å²) in [5.41, 5.74) is 0.491. The molecule has 0 unspecified atom stereocenters. The van der Waals surface area contributed by atoms with Crippen molar-refractivity contribution < 1.29 is 14.3 Å². The van der Waals surface area contributed by atoms with E-state index in [2.05, 4.69) is 0 Å². The molecule has 13 heavy (non-hydrogen) atoms. The van der Waals surface area contributed by atoms with Crippen LogP contribution in [-0.4, -0.2) is 17.3 Å². The van der Waals surface area contributed by atoms with Crippen LogP contribution >= 0.6 is 11.8 Å². The normalized spacial score (nSPS) is 10.1. The number of halogens is 1. The Bertz CT molecular complexity index is 350. The Hall–Kier alpha value is -1.03. The van der Waals surface area contributed by atoms with E-state index in [0.717, 1.165) is 5.56 Å². The second-order valence-electron chi connectivity index (χ2n) is 2.63. The van der Waals surface area contributed by atoms with Gasteiger partial charge in [0.1, 0.15) is 11.4 Å². The molecule has 0 saturated carbocycles. The van der Waals surface area contributed by atoms with Gasteiger partial charge in [-0.15, -0.1) is 11.8 Å². The molecule has 0 amide bonds. The highest BCUT2D eigenvalue weighted by molar-refractivity contribution is 7.98. The lowest BCUT2D eigenvalue weighted by molar-refractivity contribution is 0.0688. The first-order chi connectivity index (χ1) is 6.06. The van der Waals surface area contributed by atoms with Crippen molar-refractivity contribution in [2.24, 2.45) is 0 Å². The van der Waals surface area contributed by atoms with Crippen LogP contribution in [0.15, 0.2) is 17.0 Å². The third kappa shape index (κ3) is 2.01. The zero-order valence-corrected chi connectivity index (χ0v) is 8.11. The molecule has 0 aliphatic carbocycles. The predicted octanol–water partition coefficient (Wildman–Crippen LogP) is 2.55. The fourth-order valence-electron chi connectivity index (χ4n) is 1.08. The van der Waals surface area contributed by atoms with E-state index in [9.17, 15) is 9.18 Å². The fraction of sp³-hybridized carbons (Fsp3) is 0.222. The summed E-state index contributed by atoms with van der Waals surface area (Å²) in [5, 5.41) is 8.72. The Kier molecular flexibility index (Phi) is 2.93. The van der Waals surface area contributed by atoms with Gasteiger partial charge in [-0.05, 0) is 30.9 Å². The molecule has 0 radical (unpaired) electrons. The molecule has 4 heteroatoms. The number of hydrogen-bond donors (Lipinski definition) is 1. The van der Waals surface area contributed by atoms with Crippen LogP contribution in [0.2, 0.25) is 0 Å². The van der Waals surface area contributed by atoms with Gasteiger partial charge in [-0.25, -0.2) is 9.18 Å². The lowest BCUT2D eigenvalue weighted by Gasteiger charge is -2.05. The van der Waals surface area contributed by atoms with Gasteiger partial charge in [0.15, 0.2) is 0 Å². The highest BCUT2D eigenvalue weighted by Crippen LogP contribution is 2.24. The van der Waals surface area contributed by atoms with Gasteiger partial charge in [-0.3, -0.25) is 0 Å². The van der Waals surface area contributed by atoms with Crippen LogP contribution in [0.4, 0.5) is 4.39 Å². The monoisotopic (exact) mass is 200 g/mol. The molecule has 2 nitrogen and oxygen atoms in total. The fourth-order valence-corrected chi connectivity index (χ4v) is 1.77. The van der Waals surface area contributed by atoms with E-state index in [1.165, 1.54) is 17.8 Å². The number of hydrogen-bond acceptors (Lipinski definition) is 2. The zero-order chi connectivity index (χ0) is 10.0. The molecule has 70 valence electrons. The van der Waals surface area contributed by atoms with Crippen molar-refractivity contribution in [2.45, 2.75) is 11.8 Å². The SMILES string of the molecule is CSc1cc(C)cc(F)c1C(=O)O. The highest BCUT2D eigenvalue weighted by Gasteiger charge is 2.15. The molecule has 0 atom stereocenters. The van der Waals surface area contributed by atoms with Gasteiger partial charge >= 0.3 is 5.97 Å². The average Bonchev–Trinajstić information content (AvgIpc) is 2.01. The molecule has 0 spiro atoms. The first kappa shape index (κ1) is 10.1. The summed E-state index contributed by atoms with van der Waals surface area (Å²) < 4.78 is 13.2. The van der Waals surface area contributed by atoms with Crippen molar-refractivity contribution >= 4 is 17.7 Å². The summed E-state index contributed by atoms with van der Waals surface area (Å²) in [6, 6.07) is 2.89. The number of carboxylic acid groups (broad SMARTS) is 1. The number of benzene rings is 1. The summed E-state index contributed by atoms with van der Waals surface area (Å²) in [4.78, 5) is 11.1. The van der Waals surface area contributed by atoms with Crippen molar-refractivity contribution in [1.82, 2.24) is 0 Å². The molecule has 0 fully saturated rings. The Balaban J connectivity index is 3.38. The average molecular weight is 200 g/mol. The first-order valence-corrected chi connectivity index (χ1v) is 4.86. The molecule has 0 bridgehead atoms. The quantitative estimate of drug-likeness (QED) is 0.745. The van der Waals surface area contributed by atoms with Gasteiger partial charge in [0, 0.05) is 4.90 Å². The summed E-state index contributed by atoms with van der Waals surface area (Å²) in [6.45, 7) is 1.73. The lowest BCUT2D eigenvalue weighted by atomic mass is 10.1. The van der Waals surface area contributed by atoms with Gasteiger partial charge in [0.25, 0.3) is 0 Å². The maximum Gasteiger partial charge on any atom is 0.339 e. The Morgan fingerprint density at radius 1 is 1.54 bits per heavy atom. The molecule has 1 rings (SSSR count). The van der Waals surface area contributed by atoms with E-state index < -0.39 is 11.8 Å². The predicted molar refractivity (Wildman–Crippen MR) is 49.9 cm³/mol. The Morgan fingerprint density at radius 2 is 2.15 bits per heavy atom. The van der Waals surface area contributed by atoms with Gasteiger partial charge in [-0.2, -0.15) is 0 Å². The molecule has 0 aliphatic rings. The lowest BCUT2D eigenvalue weighted by Crippen LogP contribution is -2.03. The van der Waals surface area contributed by atoms with Crippen molar-refractivity contribution in [2.75, 3.05) is 6.26 Å². The minimum absolute atomic E-state index is 0.238. The van der Waals surface area contributed by atoms with Crippen LogP contribution in [0.3, 0.4) is 0 Å². The molecule has 1 N–H and O–H groups in total. The summed E-state index contributed by atoms with van der Waals surface area (Å²) in [7, 11) is 0. The standard InChI is InChI=1S/C9H9FO2S/c1-5-3-6(10)8(9(11)12)7(4-5)13-2/h3-4H,1-2H3,(H,11,12). The number of thioether (sulfide) groups is 1. The number of aromatic carboxylic acids is 1. The van der Waals surface area contributed by atoms with E-state index in [0.29, 0.717) is 4.90 Å². The van der Waals surface area contributed by atoms with Crippen LogP contribution < -0.4 is 0 Å². The second-order valence-corrected chi connectivity index (χ2v) is 3.48. The van der Waals surface area contributed by atoms with E-state index in [-0.39, 0.29) is 5.56 Å². The molecule has 0 aromatic heterocycles. The molecule has 0 heterocycles. The highest BCUT2D eigenvalue weighted by atomic mass is 32.2. The molecular weight excluding hydrogens is 191 g/mol. The van der Waals surface area contributed by atoms with Crippen LogP contribution in [0.25, 0.3) is 0 Å². The van der Waals surface area contributed by atoms with E-state index in [4.69, 9.17) is 5.11 Å². The molecule has 1 aromatic carbocycles. The van der Waals surface area contributed by atoms with Crippen molar-refractivity contribution in [3.8, 4) is 0 Å². The van der Waals surface area contributed by atoms with Gasteiger partial charge in [0.2, 0.25) is 0 Å². The van der Waals surface area contributed by atoms with Crippen molar-refractivity contribution in [3.63, 3.8) is 0 Å². The number of carboxylic acids is 1. The third-order valence-electron chi connectivity index (χ3n) is 1.63. The molecular formula is C9H9FO2S. The smallest absolute Gasteiger partial charge is 0.339 e. The third-order valence-corrected chi connectivity index (χ3v) is 2.39. The topological polar surface area (TPSA) is 37.3 Å². The minimum Gasteiger partial charge on any atom is -0.478 e. The maximum absolute atomic E-state index is 13.2. The van der Waals surface area contributed by atoms with Crippen LogP contribution in [-0.2, 0) is 0 Å². The second kappa shape index (κ2) is 3.79. The minimum atomic E-state index is -1.22. The molecule has 0 aliphatic heterocycles. The Labute approximate surface area is 79.8 Å². The molecule has 0 saturated heterocycles. The molecule has 1 aromatic rings. The van der Waals surface area contributed by atoms with Gasteiger partial charge in [0.05, 0.1) is 0 Å². The number of rotatable bonds is 2. The van der Waals surface area contributed by atoms with Crippen molar-refractivity contribution in [1.29, 1.82) is 0 Å². The van der Waals surface area contributed by atoms with Crippen LogP contribution in [0.1, 0.15) is 15.9 Å². The summed E-state index contributed by atoms with van der Waals surface area (Å²) >= 11 is 1.23. The van der Waals surface area contributed by atoms with Crippen LogP contribution in [0, 0.1) is 12.7 Å².